The Hall–Kier alpha value is -1.10. The van der Waals surface area contributed by atoms with Crippen LogP contribution >= 0.6 is 0 Å². The minimum absolute atomic E-state index is 0.0193. The molecule has 0 aromatic heterocycles. The van der Waals surface area contributed by atoms with Crippen LogP contribution in [0.4, 0.5) is 0 Å². The Morgan fingerprint density at radius 3 is 2.65 bits per heavy atom. The minimum atomic E-state index is -0.720. The fourth-order valence-corrected chi connectivity index (χ4v) is 3.12. The lowest BCUT2D eigenvalue weighted by molar-refractivity contribution is -0.141. The van der Waals surface area contributed by atoms with Gasteiger partial charge in [-0.2, -0.15) is 0 Å². The highest BCUT2D eigenvalue weighted by molar-refractivity contribution is 5.93. The molecular formula is C15H26N2O3. The van der Waals surface area contributed by atoms with Crippen molar-refractivity contribution in [3.05, 3.63) is 0 Å². The second-order valence-electron chi connectivity index (χ2n) is 5.83. The summed E-state index contributed by atoms with van der Waals surface area (Å²) < 4.78 is 5.73. The third kappa shape index (κ3) is 3.14. The standard InChI is InChI=1S/C15H26N2O3/c1-3-15(4-2)14(19)17(9-8-13(18)16-15)11-12-7-5-6-10-20-12/h12H,3-11H2,1-2H3,(H,16,18). The van der Waals surface area contributed by atoms with Gasteiger partial charge < -0.3 is 15.0 Å². The van der Waals surface area contributed by atoms with Gasteiger partial charge in [0.2, 0.25) is 11.8 Å². The summed E-state index contributed by atoms with van der Waals surface area (Å²) >= 11 is 0. The first-order valence-electron chi connectivity index (χ1n) is 7.83. The molecule has 2 aliphatic heterocycles. The van der Waals surface area contributed by atoms with Gasteiger partial charge in [0.05, 0.1) is 6.10 Å². The summed E-state index contributed by atoms with van der Waals surface area (Å²) in [6.07, 6.45) is 5.07. The van der Waals surface area contributed by atoms with E-state index in [9.17, 15) is 9.59 Å². The number of hydrogen-bond donors (Lipinski definition) is 1. The van der Waals surface area contributed by atoms with Gasteiger partial charge in [0.25, 0.3) is 0 Å². The van der Waals surface area contributed by atoms with Gasteiger partial charge in [0, 0.05) is 26.1 Å². The largest absolute Gasteiger partial charge is 0.376 e. The van der Waals surface area contributed by atoms with Gasteiger partial charge in [-0.05, 0) is 32.1 Å². The van der Waals surface area contributed by atoms with Crippen molar-refractivity contribution in [2.75, 3.05) is 19.7 Å². The summed E-state index contributed by atoms with van der Waals surface area (Å²) in [5, 5.41) is 2.94. The van der Waals surface area contributed by atoms with E-state index in [1.165, 1.54) is 0 Å². The van der Waals surface area contributed by atoms with Crippen molar-refractivity contribution in [3.8, 4) is 0 Å². The number of nitrogens with zero attached hydrogens (tertiary/aromatic N) is 1. The smallest absolute Gasteiger partial charge is 0.248 e. The molecule has 20 heavy (non-hydrogen) atoms. The zero-order chi connectivity index (χ0) is 14.6. The highest BCUT2D eigenvalue weighted by atomic mass is 16.5. The van der Waals surface area contributed by atoms with E-state index in [0.29, 0.717) is 32.4 Å². The number of carbonyl (C=O) groups excluding carboxylic acids is 2. The molecule has 0 saturated carbocycles. The zero-order valence-corrected chi connectivity index (χ0v) is 12.6. The third-order valence-electron chi connectivity index (χ3n) is 4.59. The van der Waals surface area contributed by atoms with Gasteiger partial charge in [-0.3, -0.25) is 9.59 Å². The molecule has 1 N–H and O–H groups in total. The maximum atomic E-state index is 12.8. The van der Waals surface area contributed by atoms with Crippen LogP contribution in [0.25, 0.3) is 0 Å². The van der Waals surface area contributed by atoms with Crippen molar-refractivity contribution in [1.29, 1.82) is 0 Å². The second kappa shape index (κ2) is 6.57. The van der Waals surface area contributed by atoms with Crippen LogP contribution in [0.1, 0.15) is 52.4 Å². The topological polar surface area (TPSA) is 58.6 Å². The van der Waals surface area contributed by atoms with Crippen LogP contribution in [-0.4, -0.2) is 48.1 Å². The summed E-state index contributed by atoms with van der Waals surface area (Å²) in [7, 11) is 0. The van der Waals surface area contributed by atoms with Crippen LogP contribution in [0.3, 0.4) is 0 Å². The number of amides is 2. The minimum Gasteiger partial charge on any atom is -0.376 e. The van der Waals surface area contributed by atoms with Crippen molar-refractivity contribution in [3.63, 3.8) is 0 Å². The maximum absolute atomic E-state index is 12.8. The predicted molar refractivity (Wildman–Crippen MR) is 76.2 cm³/mol. The van der Waals surface area contributed by atoms with Gasteiger partial charge in [-0.25, -0.2) is 0 Å². The molecule has 1 unspecified atom stereocenters. The average molecular weight is 282 g/mol. The summed E-state index contributed by atoms with van der Waals surface area (Å²) in [5.41, 5.74) is -0.720. The number of rotatable bonds is 4. The normalized spacial score (nSPS) is 27.1. The quantitative estimate of drug-likeness (QED) is 0.849. The summed E-state index contributed by atoms with van der Waals surface area (Å²) in [6.45, 7) is 5.84. The Morgan fingerprint density at radius 2 is 2.05 bits per heavy atom. The Morgan fingerprint density at radius 1 is 1.30 bits per heavy atom. The molecular weight excluding hydrogens is 256 g/mol. The molecule has 0 radical (unpaired) electrons. The molecule has 0 aromatic rings. The third-order valence-corrected chi connectivity index (χ3v) is 4.59. The van der Waals surface area contributed by atoms with Crippen LogP contribution in [0.2, 0.25) is 0 Å². The van der Waals surface area contributed by atoms with Gasteiger partial charge >= 0.3 is 0 Å². The van der Waals surface area contributed by atoms with Crippen molar-refractivity contribution >= 4 is 11.8 Å². The van der Waals surface area contributed by atoms with Gasteiger partial charge in [0.1, 0.15) is 5.54 Å². The first kappa shape index (κ1) is 15.3. The number of ether oxygens (including phenoxy) is 1. The Kier molecular flexibility index (Phi) is 5.02. The SMILES string of the molecule is CCC1(CC)NC(=O)CCN(CC2CCCCO2)C1=O. The Labute approximate surface area is 121 Å². The predicted octanol–water partition coefficient (Wildman–Crippen LogP) is 1.46. The molecule has 0 aliphatic carbocycles. The first-order chi connectivity index (χ1) is 9.61. The van der Waals surface area contributed by atoms with Crippen LogP contribution in [0, 0.1) is 0 Å². The molecule has 0 spiro atoms. The molecule has 2 aliphatic rings. The van der Waals surface area contributed by atoms with Crippen molar-refractivity contribution in [1.82, 2.24) is 10.2 Å². The van der Waals surface area contributed by atoms with Crippen molar-refractivity contribution in [2.45, 2.75) is 64.0 Å². The molecule has 2 amide bonds. The number of hydrogen-bond acceptors (Lipinski definition) is 3. The molecule has 5 heteroatoms. The summed E-state index contributed by atoms with van der Waals surface area (Å²) in [6, 6.07) is 0. The van der Waals surface area contributed by atoms with Crippen LogP contribution in [0.15, 0.2) is 0 Å². The van der Waals surface area contributed by atoms with Gasteiger partial charge in [-0.15, -0.1) is 0 Å². The maximum Gasteiger partial charge on any atom is 0.248 e. The fourth-order valence-electron chi connectivity index (χ4n) is 3.12. The van der Waals surface area contributed by atoms with E-state index >= 15 is 0 Å². The van der Waals surface area contributed by atoms with Crippen LogP contribution in [0.5, 0.6) is 0 Å². The molecule has 0 bridgehead atoms. The van der Waals surface area contributed by atoms with Crippen molar-refractivity contribution < 1.29 is 14.3 Å². The van der Waals surface area contributed by atoms with Crippen LogP contribution in [-0.2, 0) is 14.3 Å². The molecule has 2 rings (SSSR count). The molecule has 1 atom stereocenters. The summed E-state index contributed by atoms with van der Waals surface area (Å²) in [4.78, 5) is 26.5. The molecule has 5 nitrogen and oxygen atoms in total. The fraction of sp³-hybridized carbons (Fsp3) is 0.867. The monoisotopic (exact) mass is 282 g/mol. The van der Waals surface area contributed by atoms with Gasteiger partial charge in [-0.1, -0.05) is 13.8 Å². The van der Waals surface area contributed by atoms with E-state index < -0.39 is 5.54 Å². The zero-order valence-electron chi connectivity index (χ0n) is 12.6. The highest BCUT2D eigenvalue weighted by Crippen LogP contribution is 2.23. The molecule has 114 valence electrons. The Bertz CT molecular complexity index is 360. The molecule has 0 aromatic carbocycles. The van der Waals surface area contributed by atoms with E-state index in [1.807, 2.05) is 18.7 Å². The van der Waals surface area contributed by atoms with E-state index in [0.717, 1.165) is 25.9 Å². The lowest BCUT2D eigenvalue weighted by atomic mass is 9.91. The lowest BCUT2D eigenvalue weighted by Crippen LogP contribution is -2.57. The van der Waals surface area contributed by atoms with E-state index in [4.69, 9.17) is 4.74 Å². The first-order valence-corrected chi connectivity index (χ1v) is 7.83. The molecule has 2 heterocycles. The van der Waals surface area contributed by atoms with E-state index in [2.05, 4.69) is 5.32 Å². The highest BCUT2D eigenvalue weighted by Gasteiger charge is 2.42. The van der Waals surface area contributed by atoms with Crippen LogP contribution < -0.4 is 5.32 Å². The second-order valence-corrected chi connectivity index (χ2v) is 5.83. The molecule has 2 fully saturated rings. The average Bonchev–Trinajstić information content (AvgIpc) is 2.60. The van der Waals surface area contributed by atoms with Gasteiger partial charge in [0.15, 0.2) is 0 Å². The number of carbonyl (C=O) groups is 2. The van der Waals surface area contributed by atoms with Crippen molar-refractivity contribution in [2.24, 2.45) is 0 Å². The molecule has 2 saturated heterocycles. The van der Waals surface area contributed by atoms with E-state index in [-0.39, 0.29) is 17.9 Å². The summed E-state index contributed by atoms with van der Waals surface area (Å²) in [5.74, 6) is 0.0386. The number of nitrogens with one attached hydrogen (secondary N) is 1. The Balaban J connectivity index is 2.10. The van der Waals surface area contributed by atoms with E-state index in [1.54, 1.807) is 0 Å². The lowest BCUT2D eigenvalue weighted by Gasteiger charge is -2.35.